The van der Waals surface area contributed by atoms with Gasteiger partial charge in [0.05, 0.1) is 10.2 Å². The molecule has 0 aromatic carbocycles. The van der Waals surface area contributed by atoms with Crippen LogP contribution in [0.3, 0.4) is 0 Å². The number of hydrogen-bond donors (Lipinski definition) is 1. The van der Waals surface area contributed by atoms with Crippen LogP contribution in [0.4, 0.5) is 5.69 Å². The number of carboxylic acid groups (broad SMARTS) is 1. The molecule has 30 heavy (non-hydrogen) atoms. The molecule has 1 aliphatic rings. The van der Waals surface area contributed by atoms with Crippen LogP contribution in [0.5, 0.6) is 0 Å². The average molecular weight is 468 g/mol. The van der Waals surface area contributed by atoms with Gasteiger partial charge in [-0.3, -0.25) is 24.6 Å². The van der Waals surface area contributed by atoms with Crippen molar-refractivity contribution in [2.24, 2.45) is 0 Å². The first-order valence-corrected chi connectivity index (χ1v) is 11.0. The Labute approximate surface area is 184 Å². The highest BCUT2D eigenvalue weighted by molar-refractivity contribution is 8.24. The molecular weight excluding hydrogens is 450 g/mol. The van der Waals surface area contributed by atoms with Gasteiger partial charge in [-0.2, -0.15) is 0 Å². The van der Waals surface area contributed by atoms with Crippen LogP contribution in [0.25, 0.3) is 12.2 Å². The monoisotopic (exact) mass is 467 g/mol. The second-order valence-electron chi connectivity index (χ2n) is 6.45. The quantitative estimate of drug-likeness (QED) is 0.333. The summed E-state index contributed by atoms with van der Waals surface area (Å²) in [6.07, 6.45) is 3.98. The number of thiophene rings is 1. The van der Waals surface area contributed by atoms with E-state index < -0.39 is 10.9 Å². The molecule has 2 aromatic heterocycles. The summed E-state index contributed by atoms with van der Waals surface area (Å²) in [4.78, 5) is 36.3. The third kappa shape index (κ3) is 4.94. The van der Waals surface area contributed by atoms with Crippen molar-refractivity contribution in [3.8, 4) is 0 Å². The van der Waals surface area contributed by atoms with Crippen molar-refractivity contribution in [2.45, 2.75) is 31.4 Å². The lowest BCUT2D eigenvalue weighted by atomic mass is 10.1. The number of nitrogens with zero attached hydrogens (tertiary/aromatic N) is 3. The fourth-order valence-electron chi connectivity index (χ4n) is 2.95. The van der Waals surface area contributed by atoms with Crippen LogP contribution in [0.15, 0.2) is 16.0 Å². The second-order valence-corrected chi connectivity index (χ2v) is 9.23. The molecule has 1 saturated heterocycles. The molecule has 1 atom stereocenters. The number of aliphatic carboxylic acids is 1. The van der Waals surface area contributed by atoms with Gasteiger partial charge in [-0.05, 0) is 48.9 Å². The van der Waals surface area contributed by atoms with E-state index >= 15 is 0 Å². The summed E-state index contributed by atoms with van der Waals surface area (Å²) >= 11 is 8.02. The summed E-state index contributed by atoms with van der Waals surface area (Å²) in [5, 5.41) is 25.0. The highest BCUT2D eigenvalue weighted by Crippen LogP contribution is 2.33. The molecule has 1 unspecified atom stereocenters. The molecule has 0 aliphatic carbocycles. The Morgan fingerprint density at radius 3 is 2.97 bits per heavy atom. The number of hydrogen-bond acceptors (Lipinski definition) is 9. The van der Waals surface area contributed by atoms with E-state index in [2.05, 4.69) is 5.16 Å². The maximum absolute atomic E-state index is 12.7. The Morgan fingerprint density at radius 2 is 2.27 bits per heavy atom. The Balaban J connectivity index is 1.69. The first-order chi connectivity index (χ1) is 14.3. The largest absolute Gasteiger partial charge is 0.481 e. The van der Waals surface area contributed by atoms with E-state index in [4.69, 9.17) is 21.8 Å². The van der Waals surface area contributed by atoms with Gasteiger partial charge in [-0.15, -0.1) is 11.3 Å². The fraction of sp³-hybridized carbons (Fsp3) is 0.333. The van der Waals surface area contributed by atoms with Crippen molar-refractivity contribution in [3.05, 3.63) is 43.5 Å². The lowest BCUT2D eigenvalue weighted by molar-refractivity contribution is -0.386. The standard InChI is InChI=1S/C18H17N3O6S3/c1-10-16(21(25)26)12(27-19-10)4-5-13-11(6-8-29-13)9-14-17(24)20(18(28)30-14)7-2-3-15(22)23/h4-6,8,14H,2-3,7,9H2,1H3,(H,22,23)/b5-4+. The van der Waals surface area contributed by atoms with Gasteiger partial charge in [0.25, 0.3) is 0 Å². The molecule has 0 bridgehead atoms. The maximum Gasteiger partial charge on any atom is 0.338 e. The average Bonchev–Trinajstić information content (AvgIpc) is 3.34. The topological polar surface area (TPSA) is 127 Å². The molecule has 1 fully saturated rings. The van der Waals surface area contributed by atoms with Gasteiger partial charge in [0.1, 0.15) is 4.32 Å². The number of thioether (sulfide) groups is 1. The number of carboxylic acids is 1. The summed E-state index contributed by atoms with van der Waals surface area (Å²) in [7, 11) is 0. The lowest BCUT2D eigenvalue weighted by Gasteiger charge is -2.14. The number of amides is 1. The number of carbonyl (C=O) groups is 2. The first kappa shape index (κ1) is 22.1. The normalized spacial score (nSPS) is 16.7. The van der Waals surface area contributed by atoms with Gasteiger partial charge in [0.15, 0.2) is 5.69 Å². The third-order valence-electron chi connectivity index (χ3n) is 4.39. The highest BCUT2D eigenvalue weighted by Gasteiger charge is 2.36. The predicted octanol–water partition coefficient (Wildman–Crippen LogP) is 3.76. The van der Waals surface area contributed by atoms with E-state index in [9.17, 15) is 19.7 Å². The Morgan fingerprint density at radius 1 is 1.50 bits per heavy atom. The molecule has 1 amide bonds. The number of aromatic nitrogens is 1. The minimum Gasteiger partial charge on any atom is -0.481 e. The minimum atomic E-state index is -0.909. The molecule has 3 rings (SSSR count). The van der Waals surface area contributed by atoms with Crippen molar-refractivity contribution >= 4 is 69.4 Å². The van der Waals surface area contributed by atoms with Gasteiger partial charge in [0.2, 0.25) is 11.7 Å². The van der Waals surface area contributed by atoms with Crippen molar-refractivity contribution in [2.75, 3.05) is 6.54 Å². The Bertz CT molecular complexity index is 1030. The van der Waals surface area contributed by atoms with Crippen LogP contribution >= 0.6 is 35.3 Å². The molecule has 3 heterocycles. The zero-order valence-electron chi connectivity index (χ0n) is 15.8. The Kier molecular flexibility index (Phi) is 7.00. The van der Waals surface area contributed by atoms with Crippen molar-refractivity contribution in [3.63, 3.8) is 0 Å². The Hall–Kier alpha value is -2.57. The van der Waals surface area contributed by atoms with E-state index in [-0.39, 0.29) is 34.7 Å². The summed E-state index contributed by atoms with van der Waals surface area (Å²) in [6, 6.07) is 1.90. The second kappa shape index (κ2) is 9.49. The number of rotatable bonds is 9. The summed E-state index contributed by atoms with van der Waals surface area (Å²) < 4.78 is 5.48. The molecular formula is C18H17N3O6S3. The minimum absolute atomic E-state index is 0.0194. The SMILES string of the molecule is Cc1noc(/C=C/c2sccc2CC2SC(=S)N(CCCC(=O)O)C2=O)c1[N+](=O)[O-]. The molecule has 1 aliphatic heterocycles. The van der Waals surface area contributed by atoms with Crippen molar-refractivity contribution in [1.82, 2.24) is 10.1 Å². The number of carbonyl (C=O) groups excluding carboxylic acids is 1. The zero-order chi connectivity index (χ0) is 21.8. The van der Waals surface area contributed by atoms with Crippen molar-refractivity contribution in [1.29, 1.82) is 0 Å². The van der Waals surface area contributed by atoms with Crippen LogP contribution in [0, 0.1) is 17.0 Å². The molecule has 1 N–H and O–H groups in total. The van der Waals surface area contributed by atoms with E-state index in [0.29, 0.717) is 23.7 Å². The van der Waals surface area contributed by atoms with E-state index in [1.165, 1.54) is 41.0 Å². The number of thiocarbonyl (C=S) groups is 1. The molecule has 2 aromatic rings. The maximum atomic E-state index is 12.7. The fourth-order valence-corrected chi connectivity index (χ4v) is 5.35. The molecule has 158 valence electrons. The van der Waals surface area contributed by atoms with Gasteiger partial charge < -0.3 is 9.63 Å². The van der Waals surface area contributed by atoms with Gasteiger partial charge in [-0.25, -0.2) is 0 Å². The van der Waals surface area contributed by atoms with E-state index in [0.717, 1.165) is 10.4 Å². The van der Waals surface area contributed by atoms with Gasteiger partial charge in [0, 0.05) is 17.8 Å². The van der Waals surface area contributed by atoms with E-state index in [1.807, 2.05) is 11.4 Å². The summed E-state index contributed by atoms with van der Waals surface area (Å²) in [5.41, 5.74) is 0.944. The van der Waals surface area contributed by atoms with Crippen LogP contribution in [0.2, 0.25) is 0 Å². The summed E-state index contributed by atoms with van der Waals surface area (Å²) in [5.74, 6) is -0.972. The van der Waals surface area contributed by atoms with Crippen LogP contribution in [-0.2, 0) is 16.0 Å². The number of aryl methyl sites for hydroxylation is 1. The molecule has 0 radical (unpaired) electrons. The smallest absolute Gasteiger partial charge is 0.338 e. The first-order valence-electron chi connectivity index (χ1n) is 8.86. The molecule has 9 nitrogen and oxygen atoms in total. The van der Waals surface area contributed by atoms with Crippen LogP contribution < -0.4 is 0 Å². The van der Waals surface area contributed by atoms with Crippen LogP contribution in [-0.4, -0.2) is 48.1 Å². The van der Waals surface area contributed by atoms with Gasteiger partial charge in [-0.1, -0.05) is 29.1 Å². The molecule has 0 spiro atoms. The molecule has 0 saturated carbocycles. The lowest BCUT2D eigenvalue weighted by Crippen LogP contribution is -2.33. The highest BCUT2D eigenvalue weighted by atomic mass is 32.2. The van der Waals surface area contributed by atoms with Crippen molar-refractivity contribution < 1.29 is 24.1 Å². The van der Waals surface area contributed by atoms with Crippen LogP contribution in [0.1, 0.15) is 34.7 Å². The third-order valence-corrected chi connectivity index (χ3v) is 6.90. The predicted molar refractivity (Wildman–Crippen MR) is 117 cm³/mol. The van der Waals surface area contributed by atoms with E-state index in [1.54, 1.807) is 6.08 Å². The zero-order valence-corrected chi connectivity index (χ0v) is 18.2. The molecule has 12 heteroatoms. The summed E-state index contributed by atoms with van der Waals surface area (Å²) in [6.45, 7) is 1.79. The van der Waals surface area contributed by atoms with Gasteiger partial charge >= 0.3 is 11.7 Å². The number of nitro groups is 1.